The minimum absolute atomic E-state index is 1.16. The number of benzene rings is 1. The second-order valence-corrected chi connectivity index (χ2v) is 4.17. The van der Waals surface area contributed by atoms with E-state index in [1.54, 1.807) is 0 Å². The molecule has 3 heteroatoms. The summed E-state index contributed by atoms with van der Waals surface area (Å²) in [6, 6.07) is 8.41. The fourth-order valence-electron chi connectivity index (χ4n) is 2.10. The molecule has 84 valence electrons. The van der Waals surface area contributed by atoms with E-state index in [4.69, 9.17) is 0 Å². The third kappa shape index (κ3) is 1.69. The van der Waals surface area contributed by atoms with Gasteiger partial charge in [0.05, 0.1) is 33.5 Å². The van der Waals surface area contributed by atoms with Gasteiger partial charge in [0.25, 0.3) is 0 Å². The van der Waals surface area contributed by atoms with Crippen LogP contribution in [0.5, 0.6) is 0 Å². The highest BCUT2D eigenvalue weighted by Crippen LogP contribution is 2.23. The van der Waals surface area contributed by atoms with Crippen LogP contribution in [-0.4, -0.2) is 11.6 Å². The van der Waals surface area contributed by atoms with Crippen molar-refractivity contribution >= 4 is 11.6 Å². The molecule has 0 spiro atoms. The zero-order valence-electron chi connectivity index (χ0n) is 10.3. The first-order valence-corrected chi connectivity index (χ1v) is 5.41. The van der Waals surface area contributed by atoms with Crippen molar-refractivity contribution in [3.8, 4) is 0 Å². The van der Waals surface area contributed by atoms with E-state index >= 15 is 0 Å². The Hall–Kier alpha value is -1.77. The largest absolute Gasteiger partial charge is 0.364 e. The second-order valence-electron chi connectivity index (χ2n) is 4.17. The molecule has 1 aromatic heterocycles. The lowest BCUT2D eigenvalue weighted by Crippen LogP contribution is -2.34. The standard InChI is InChI=1S/C13H18N3/c1-11-7-5-6-8-12(11)16(4)13-14(2)9-10-15(13)3/h5-10H,1-4H3/q+1. The van der Waals surface area contributed by atoms with Gasteiger partial charge in [-0.25, -0.2) is 14.0 Å². The Morgan fingerprint density at radius 1 is 1.25 bits per heavy atom. The van der Waals surface area contributed by atoms with Gasteiger partial charge < -0.3 is 0 Å². The predicted octanol–water partition coefficient (Wildman–Crippen LogP) is 1.93. The minimum atomic E-state index is 1.16. The van der Waals surface area contributed by atoms with E-state index in [0.29, 0.717) is 0 Å². The topological polar surface area (TPSA) is 12.1 Å². The summed E-state index contributed by atoms with van der Waals surface area (Å²) in [7, 11) is 6.21. The number of anilines is 2. The SMILES string of the molecule is Cc1ccccc1N(C)c1n(C)cc[n+]1C. The fraction of sp³-hybridized carbons (Fsp3) is 0.308. The molecule has 0 unspecified atom stereocenters. The molecule has 0 N–H and O–H groups in total. The molecule has 2 rings (SSSR count). The number of hydrogen-bond acceptors (Lipinski definition) is 1. The Kier molecular flexibility index (Phi) is 2.69. The van der Waals surface area contributed by atoms with Crippen LogP contribution in [0.25, 0.3) is 0 Å². The summed E-state index contributed by atoms with van der Waals surface area (Å²) in [5.41, 5.74) is 2.52. The molecule has 1 heterocycles. The molecule has 0 bridgehead atoms. The van der Waals surface area contributed by atoms with Crippen LogP contribution >= 0.6 is 0 Å². The van der Waals surface area contributed by atoms with E-state index in [1.807, 2.05) is 0 Å². The molecule has 2 aromatic rings. The summed E-state index contributed by atoms with van der Waals surface area (Å²) in [5.74, 6) is 1.16. The average Bonchev–Trinajstić information content (AvgIpc) is 2.58. The van der Waals surface area contributed by atoms with Crippen LogP contribution in [0, 0.1) is 6.92 Å². The van der Waals surface area contributed by atoms with Crippen molar-refractivity contribution in [1.82, 2.24) is 4.57 Å². The Morgan fingerprint density at radius 3 is 2.50 bits per heavy atom. The van der Waals surface area contributed by atoms with Gasteiger partial charge in [-0.05, 0) is 18.6 Å². The molecule has 0 fully saturated rings. The third-order valence-corrected chi connectivity index (χ3v) is 2.92. The van der Waals surface area contributed by atoms with Crippen molar-refractivity contribution in [3.63, 3.8) is 0 Å². The van der Waals surface area contributed by atoms with Gasteiger partial charge in [-0.1, -0.05) is 18.2 Å². The van der Waals surface area contributed by atoms with Gasteiger partial charge in [0.15, 0.2) is 0 Å². The van der Waals surface area contributed by atoms with Crippen LogP contribution in [0.15, 0.2) is 36.7 Å². The molecule has 0 atom stereocenters. The van der Waals surface area contributed by atoms with Crippen LogP contribution in [0.1, 0.15) is 5.56 Å². The van der Waals surface area contributed by atoms with Crippen LogP contribution in [-0.2, 0) is 14.1 Å². The van der Waals surface area contributed by atoms with Crippen LogP contribution in [0.2, 0.25) is 0 Å². The van der Waals surface area contributed by atoms with E-state index in [2.05, 4.69) is 78.8 Å². The van der Waals surface area contributed by atoms with Crippen molar-refractivity contribution in [2.45, 2.75) is 6.92 Å². The normalized spacial score (nSPS) is 10.5. The highest BCUT2D eigenvalue weighted by Gasteiger charge is 2.19. The van der Waals surface area contributed by atoms with Crippen LogP contribution in [0.3, 0.4) is 0 Å². The van der Waals surface area contributed by atoms with E-state index in [1.165, 1.54) is 11.3 Å². The van der Waals surface area contributed by atoms with Gasteiger partial charge >= 0.3 is 5.95 Å². The van der Waals surface area contributed by atoms with Crippen molar-refractivity contribution in [3.05, 3.63) is 42.2 Å². The zero-order chi connectivity index (χ0) is 11.7. The number of rotatable bonds is 2. The van der Waals surface area contributed by atoms with Gasteiger partial charge in [0.1, 0.15) is 5.69 Å². The van der Waals surface area contributed by atoms with Gasteiger partial charge in [0.2, 0.25) is 0 Å². The van der Waals surface area contributed by atoms with Gasteiger partial charge in [-0.3, -0.25) is 0 Å². The second kappa shape index (κ2) is 4.00. The van der Waals surface area contributed by atoms with Gasteiger partial charge in [-0.15, -0.1) is 0 Å². The molecule has 3 nitrogen and oxygen atoms in total. The Morgan fingerprint density at radius 2 is 1.94 bits per heavy atom. The monoisotopic (exact) mass is 216 g/mol. The number of aromatic nitrogens is 2. The highest BCUT2D eigenvalue weighted by atomic mass is 15.3. The quantitative estimate of drug-likeness (QED) is 0.699. The molecule has 0 aliphatic carbocycles. The molecular weight excluding hydrogens is 198 g/mol. The summed E-state index contributed by atoms with van der Waals surface area (Å²) < 4.78 is 4.24. The first-order valence-electron chi connectivity index (χ1n) is 5.41. The molecule has 1 aromatic carbocycles. The van der Waals surface area contributed by atoms with Gasteiger partial charge in [-0.2, -0.15) is 0 Å². The molecule has 0 saturated heterocycles. The fourth-order valence-corrected chi connectivity index (χ4v) is 2.10. The highest BCUT2D eigenvalue weighted by molar-refractivity contribution is 5.59. The lowest BCUT2D eigenvalue weighted by Gasteiger charge is -2.15. The summed E-state index contributed by atoms with van der Waals surface area (Å²) in [6.07, 6.45) is 4.12. The summed E-state index contributed by atoms with van der Waals surface area (Å²) in [4.78, 5) is 2.20. The molecule has 0 aliphatic rings. The maximum atomic E-state index is 2.20. The van der Waals surface area contributed by atoms with Gasteiger partial charge in [0, 0.05) is 0 Å². The van der Waals surface area contributed by atoms with Crippen molar-refractivity contribution in [2.24, 2.45) is 14.1 Å². The van der Waals surface area contributed by atoms with Crippen LogP contribution < -0.4 is 9.47 Å². The number of para-hydroxylation sites is 1. The van der Waals surface area contributed by atoms with E-state index in [-0.39, 0.29) is 0 Å². The third-order valence-electron chi connectivity index (χ3n) is 2.92. The maximum absolute atomic E-state index is 2.20. The zero-order valence-corrected chi connectivity index (χ0v) is 10.3. The smallest absolute Gasteiger partial charge is 0.238 e. The first-order chi connectivity index (χ1) is 7.61. The maximum Gasteiger partial charge on any atom is 0.364 e. The molecular formula is C13H18N3+. The van der Waals surface area contributed by atoms with Crippen molar-refractivity contribution in [2.75, 3.05) is 11.9 Å². The lowest BCUT2D eigenvalue weighted by molar-refractivity contribution is -0.657. The summed E-state index contributed by atoms with van der Waals surface area (Å²) in [5, 5.41) is 0. The predicted molar refractivity (Wildman–Crippen MR) is 65.8 cm³/mol. The number of hydrogen-bond donors (Lipinski definition) is 0. The summed E-state index contributed by atoms with van der Waals surface area (Å²) >= 11 is 0. The Bertz CT molecular complexity index is 480. The number of imidazole rings is 1. The Balaban J connectivity index is 2.47. The van der Waals surface area contributed by atoms with E-state index in [9.17, 15) is 0 Å². The van der Waals surface area contributed by atoms with Crippen molar-refractivity contribution < 1.29 is 4.57 Å². The molecule has 16 heavy (non-hydrogen) atoms. The molecule has 0 radical (unpaired) electrons. The number of nitrogens with zero attached hydrogens (tertiary/aromatic N) is 3. The first kappa shape index (κ1) is 10.7. The van der Waals surface area contributed by atoms with Crippen molar-refractivity contribution in [1.29, 1.82) is 0 Å². The van der Waals surface area contributed by atoms with Crippen LogP contribution in [0.4, 0.5) is 11.6 Å². The molecule has 0 aliphatic heterocycles. The Labute approximate surface area is 96.6 Å². The van der Waals surface area contributed by atoms with E-state index in [0.717, 1.165) is 5.95 Å². The molecule has 0 amide bonds. The summed E-state index contributed by atoms with van der Waals surface area (Å²) in [6.45, 7) is 2.13. The molecule has 0 saturated carbocycles. The lowest BCUT2D eigenvalue weighted by atomic mass is 10.2. The number of aryl methyl sites for hydroxylation is 3. The van der Waals surface area contributed by atoms with E-state index < -0.39 is 0 Å². The minimum Gasteiger partial charge on any atom is -0.238 e. The average molecular weight is 216 g/mol.